The van der Waals surface area contributed by atoms with Crippen LogP contribution in [0.15, 0.2) is 24.5 Å². The van der Waals surface area contributed by atoms with Gasteiger partial charge in [-0.25, -0.2) is 0 Å². The van der Waals surface area contributed by atoms with E-state index in [4.69, 9.17) is 23.2 Å². The molecule has 0 unspecified atom stereocenters. The van der Waals surface area contributed by atoms with E-state index in [1.54, 1.807) is 0 Å². The monoisotopic (exact) mass is 704 g/mol. The summed E-state index contributed by atoms with van der Waals surface area (Å²) in [5, 5.41) is 21.3. The van der Waals surface area contributed by atoms with Crippen molar-refractivity contribution in [3.05, 3.63) is 57.9 Å². The lowest BCUT2D eigenvalue weighted by Gasteiger charge is -2.32. The molecular formula is C37H38Cl2N4O6. The molecular weight excluding hydrogens is 667 g/mol. The average Bonchev–Trinajstić information content (AvgIpc) is 3.91. The predicted octanol–water partition coefficient (Wildman–Crippen LogP) is 6.51. The van der Waals surface area contributed by atoms with Crippen molar-refractivity contribution in [1.82, 2.24) is 9.97 Å². The fraction of sp³-hybridized carbons (Fsp3) is 0.459. The first-order chi connectivity index (χ1) is 23.4. The first kappa shape index (κ1) is 32.2. The van der Waals surface area contributed by atoms with Crippen LogP contribution < -0.4 is 9.80 Å². The van der Waals surface area contributed by atoms with Gasteiger partial charge in [-0.15, -0.1) is 23.2 Å². The second-order valence-corrected chi connectivity index (χ2v) is 15.4. The Hall–Kier alpha value is -4.02. The maximum atomic E-state index is 14.8. The van der Waals surface area contributed by atoms with Crippen LogP contribution in [-0.2, 0) is 32.0 Å². The number of anilines is 2. The summed E-state index contributed by atoms with van der Waals surface area (Å²) < 4.78 is 0. The minimum atomic E-state index is -0.950. The Morgan fingerprint density at radius 1 is 0.735 bits per heavy atom. The summed E-state index contributed by atoms with van der Waals surface area (Å²) in [5.41, 5.74) is 6.72. The number of rotatable bonds is 8. The molecule has 2 saturated carbocycles. The zero-order valence-corrected chi connectivity index (χ0v) is 28.9. The number of hydrogen-bond donors (Lipinski definition) is 4. The third-order valence-corrected chi connectivity index (χ3v) is 12.8. The van der Waals surface area contributed by atoms with Crippen LogP contribution in [0.3, 0.4) is 0 Å². The summed E-state index contributed by atoms with van der Waals surface area (Å²) in [6.07, 6.45) is 6.17. The van der Waals surface area contributed by atoms with Gasteiger partial charge in [0.15, 0.2) is 0 Å². The summed E-state index contributed by atoms with van der Waals surface area (Å²) in [4.78, 5) is 63.4. The largest absolute Gasteiger partial charge is 0.481 e. The van der Waals surface area contributed by atoms with Crippen molar-refractivity contribution in [2.45, 2.75) is 70.6 Å². The van der Waals surface area contributed by atoms with Gasteiger partial charge in [-0.05, 0) is 91.5 Å². The Morgan fingerprint density at radius 3 is 1.47 bits per heavy atom. The van der Waals surface area contributed by atoms with E-state index in [1.165, 1.54) is 0 Å². The van der Waals surface area contributed by atoms with Gasteiger partial charge in [0.1, 0.15) is 0 Å². The molecule has 10 nitrogen and oxygen atoms in total. The number of carboxylic acid groups (broad SMARTS) is 2. The zero-order chi connectivity index (χ0) is 34.6. The molecule has 4 aliphatic rings. The maximum Gasteiger partial charge on any atom is 0.307 e. The van der Waals surface area contributed by atoms with Crippen LogP contribution in [0.25, 0.3) is 21.8 Å². The molecule has 4 heterocycles. The van der Waals surface area contributed by atoms with Crippen LogP contribution in [0.5, 0.6) is 0 Å². The quantitative estimate of drug-likeness (QED) is 0.154. The molecule has 8 rings (SSSR count). The van der Waals surface area contributed by atoms with Gasteiger partial charge in [-0.3, -0.25) is 19.2 Å². The van der Waals surface area contributed by atoms with Crippen LogP contribution in [0.4, 0.5) is 11.4 Å². The smallest absolute Gasteiger partial charge is 0.307 e. The maximum absolute atomic E-state index is 14.8. The summed E-state index contributed by atoms with van der Waals surface area (Å²) in [5.74, 6) is -1.51. The number of hydrogen-bond acceptors (Lipinski definition) is 4. The molecule has 0 spiro atoms. The number of nitrogens with one attached hydrogen (secondary N) is 2. The Kier molecular flexibility index (Phi) is 7.39. The summed E-state index contributed by atoms with van der Waals surface area (Å²) in [6.45, 7) is 4.77. The van der Waals surface area contributed by atoms with E-state index in [0.29, 0.717) is 68.1 Å². The molecule has 2 aromatic carbocycles. The highest BCUT2D eigenvalue weighted by Crippen LogP contribution is 2.64. The number of aryl methyl sites for hydroxylation is 2. The molecule has 2 aliphatic heterocycles. The van der Waals surface area contributed by atoms with Crippen molar-refractivity contribution < 1.29 is 29.4 Å². The van der Waals surface area contributed by atoms with Gasteiger partial charge >= 0.3 is 11.9 Å². The van der Waals surface area contributed by atoms with E-state index in [9.17, 15) is 29.4 Å². The molecule has 4 N–H and O–H groups in total. The molecule has 4 aromatic rings. The highest BCUT2D eigenvalue weighted by molar-refractivity contribution is 6.20. The Balaban J connectivity index is 1.14. The third kappa shape index (κ3) is 4.59. The minimum Gasteiger partial charge on any atom is -0.481 e. The number of H-pyrrole nitrogens is 2. The normalized spacial score (nSPS) is 25.5. The van der Waals surface area contributed by atoms with Crippen LogP contribution in [0.1, 0.15) is 77.3 Å². The SMILES string of the molecule is Cc1c[nH]c2c(CC(=O)O)cc3c(c12)[C@H](CCl)CN3C(=O)C12CCC(C(=O)N3C[C@@H](CCl)c4c3cc(CC(=O)O)c3[nH]cc(C)c43)(CC1)C2. The number of carbonyl (C=O) groups is 4. The van der Waals surface area contributed by atoms with Gasteiger partial charge in [0.05, 0.1) is 23.7 Å². The van der Waals surface area contributed by atoms with E-state index in [1.807, 2.05) is 48.2 Å². The van der Waals surface area contributed by atoms with Gasteiger partial charge < -0.3 is 30.0 Å². The van der Waals surface area contributed by atoms with Crippen LogP contribution in [-0.4, -0.2) is 68.8 Å². The van der Waals surface area contributed by atoms with Crippen molar-refractivity contribution in [1.29, 1.82) is 0 Å². The summed E-state index contributed by atoms with van der Waals surface area (Å²) in [6, 6.07) is 3.69. The van der Waals surface area contributed by atoms with E-state index < -0.39 is 22.8 Å². The Labute approximate surface area is 292 Å². The lowest BCUT2D eigenvalue weighted by molar-refractivity contribution is -0.137. The second-order valence-electron chi connectivity index (χ2n) is 14.8. The lowest BCUT2D eigenvalue weighted by atomic mass is 9.80. The van der Waals surface area contributed by atoms with E-state index in [0.717, 1.165) is 55.4 Å². The van der Waals surface area contributed by atoms with Crippen LogP contribution >= 0.6 is 23.2 Å². The molecule has 12 heteroatoms. The van der Waals surface area contributed by atoms with Crippen molar-refractivity contribution in [2.24, 2.45) is 10.8 Å². The number of carboxylic acids is 2. The van der Waals surface area contributed by atoms with E-state index in [-0.39, 0.29) is 36.5 Å². The molecule has 0 saturated heterocycles. The van der Waals surface area contributed by atoms with Crippen molar-refractivity contribution >= 4 is 80.1 Å². The number of alkyl halides is 2. The van der Waals surface area contributed by atoms with Gasteiger partial charge in [0, 0.05) is 82.3 Å². The third-order valence-electron chi connectivity index (χ3n) is 12.0. The lowest BCUT2D eigenvalue weighted by Crippen LogP contribution is -2.42. The van der Waals surface area contributed by atoms with Crippen molar-refractivity contribution in [2.75, 3.05) is 34.6 Å². The van der Waals surface area contributed by atoms with Gasteiger partial charge in [-0.2, -0.15) is 0 Å². The van der Waals surface area contributed by atoms with Gasteiger partial charge in [0.2, 0.25) is 11.8 Å². The van der Waals surface area contributed by atoms with Crippen LogP contribution in [0, 0.1) is 24.7 Å². The molecule has 0 radical (unpaired) electrons. The predicted molar refractivity (Wildman–Crippen MR) is 188 cm³/mol. The Morgan fingerprint density at radius 2 is 1.12 bits per heavy atom. The topological polar surface area (TPSA) is 147 Å². The number of aromatic nitrogens is 2. The number of aliphatic carboxylic acids is 2. The fourth-order valence-electron chi connectivity index (χ4n) is 9.82. The zero-order valence-electron chi connectivity index (χ0n) is 27.4. The molecule has 2 aromatic heterocycles. The minimum absolute atomic E-state index is 0.0174. The molecule has 2 atom stereocenters. The van der Waals surface area contributed by atoms with Gasteiger partial charge in [-0.1, -0.05) is 0 Å². The highest BCUT2D eigenvalue weighted by atomic mass is 35.5. The molecule has 2 amide bonds. The highest BCUT2D eigenvalue weighted by Gasteiger charge is 2.63. The number of halogens is 2. The first-order valence-electron chi connectivity index (χ1n) is 16.9. The standard InChI is InChI=1S/C37H38Cl2N4O6/c1-18-13-40-32-20(9-26(44)45)7-24-30(28(18)32)22(11-38)15-42(24)34(48)36-3-5-37(17-36,6-4-36)35(49)43-16-23(12-39)31-25(43)8-21(10-27(46)47)33-29(31)19(2)14-41-33/h7-8,13-14,22-23,40-41H,3-6,9-12,15-17H2,1-2H3,(H,44,45)(H,46,47)/t22-,23-,36?,37?/m1/s1. The number of amides is 2. The number of nitrogens with zero attached hydrogens (tertiary/aromatic N) is 2. The van der Waals surface area contributed by atoms with Gasteiger partial charge in [0.25, 0.3) is 0 Å². The molecule has 2 fully saturated rings. The first-order valence-corrected chi connectivity index (χ1v) is 17.9. The molecule has 49 heavy (non-hydrogen) atoms. The molecule has 2 aliphatic carbocycles. The van der Waals surface area contributed by atoms with Crippen molar-refractivity contribution in [3.8, 4) is 0 Å². The van der Waals surface area contributed by atoms with Crippen LogP contribution in [0.2, 0.25) is 0 Å². The van der Waals surface area contributed by atoms with E-state index >= 15 is 0 Å². The summed E-state index contributed by atoms with van der Waals surface area (Å²) >= 11 is 13.1. The second kappa shape index (κ2) is 11.3. The number of carbonyl (C=O) groups excluding carboxylic acids is 2. The van der Waals surface area contributed by atoms with E-state index in [2.05, 4.69) is 9.97 Å². The number of benzene rings is 2. The fourth-order valence-corrected chi connectivity index (χ4v) is 10.3. The summed E-state index contributed by atoms with van der Waals surface area (Å²) in [7, 11) is 0. The number of aromatic amines is 2. The molecule has 256 valence electrons. The Bertz CT molecular complexity index is 1960. The van der Waals surface area contributed by atoms with Crippen molar-refractivity contribution in [3.63, 3.8) is 0 Å². The average molecular weight is 706 g/mol. The molecule has 2 bridgehead atoms. The number of fused-ring (bicyclic) bond motifs is 8.